The van der Waals surface area contributed by atoms with Gasteiger partial charge in [-0.1, -0.05) is 31.9 Å². The first kappa shape index (κ1) is 32.6. The molecule has 5 rings (SSSR count). The quantitative estimate of drug-likeness (QED) is 0.272. The van der Waals surface area contributed by atoms with Gasteiger partial charge in [-0.25, -0.2) is 4.79 Å². The van der Waals surface area contributed by atoms with Crippen LogP contribution in [-0.4, -0.2) is 102 Å². The maximum Gasteiger partial charge on any atom is 0.324 e. The minimum Gasteiger partial charge on any atom is -0.493 e. The van der Waals surface area contributed by atoms with Crippen LogP contribution in [0.2, 0.25) is 0 Å². The van der Waals surface area contributed by atoms with Crippen molar-refractivity contribution in [3.63, 3.8) is 0 Å². The number of amides is 3. The third-order valence-electron chi connectivity index (χ3n) is 9.15. The van der Waals surface area contributed by atoms with Crippen molar-refractivity contribution in [3.05, 3.63) is 54.2 Å². The Hall–Kier alpha value is -3.76. The summed E-state index contributed by atoms with van der Waals surface area (Å²) < 4.78 is 13.7. The van der Waals surface area contributed by atoms with Gasteiger partial charge in [-0.3, -0.25) is 14.6 Å². The predicted molar refractivity (Wildman–Crippen MR) is 177 cm³/mol. The molecule has 2 aliphatic heterocycles. The number of methoxy groups -OCH3 is 1. The fraction of sp³-hybridized carbons (Fsp3) is 0.543. The van der Waals surface area contributed by atoms with Gasteiger partial charge in [0.15, 0.2) is 11.5 Å². The summed E-state index contributed by atoms with van der Waals surface area (Å²) in [6.45, 7) is 6.89. The van der Waals surface area contributed by atoms with Crippen LogP contribution in [0.3, 0.4) is 0 Å². The lowest BCUT2D eigenvalue weighted by Crippen LogP contribution is -2.49. The van der Waals surface area contributed by atoms with E-state index in [0.717, 1.165) is 47.8 Å². The summed E-state index contributed by atoms with van der Waals surface area (Å²) in [5.74, 6) is 1.42. The first-order chi connectivity index (χ1) is 21.7. The Morgan fingerprint density at radius 2 is 1.82 bits per heavy atom. The van der Waals surface area contributed by atoms with E-state index in [9.17, 15) is 14.7 Å². The Labute approximate surface area is 267 Å². The molecule has 45 heavy (non-hydrogen) atoms. The lowest BCUT2D eigenvalue weighted by molar-refractivity contribution is -0.131. The average molecular weight is 620 g/mol. The summed E-state index contributed by atoms with van der Waals surface area (Å²) >= 11 is 0. The van der Waals surface area contributed by atoms with E-state index in [4.69, 9.17) is 9.47 Å². The number of aliphatic hydroxyl groups is 1. The number of unbranched alkanes of at least 4 members (excludes halogenated alkanes) is 2. The van der Waals surface area contributed by atoms with E-state index in [-0.39, 0.29) is 11.9 Å². The van der Waals surface area contributed by atoms with Gasteiger partial charge in [0.1, 0.15) is 0 Å². The van der Waals surface area contributed by atoms with Crippen molar-refractivity contribution in [2.45, 2.75) is 64.1 Å². The Bertz CT molecular complexity index is 1460. The predicted octanol–water partition coefficient (Wildman–Crippen LogP) is 4.97. The van der Waals surface area contributed by atoms with Gasteiger partial charge in [0.05, 0.1) is 32.4 Å². The number of carbonyl (C=O) groups is 2. The van der Waals surface area contributed by atoms with E-state index in [0.29, 0.717) is 76.8 Å². The fourth-order valence-corrected chi connectivity index (χ4v) is 6.35. The number of aromatic nitrogens is 1. The molecular weight excluding hydrogens is 570 g/mol. The minimum absolute atomic E-state index is 0.0198. The number of carbonyl (C=O) groups excluding carboxylic acids is 2. The van der Waals surface area contributed by atoms with E-state index < -0.39 is 5.60 Å². The maximum atomic E-state index is 13.8. The van der Waals surface area contributed by atoms with Gasteiger partial charge in [0.25, 0.3) is 0 Å². The van der Waals surface area contributed by atoms with Crippen LogP contribution < -0.4 is 14.4 Å². The molecule has 2 aromatic carbocycles. The number of nitrogens with zero attached hydrogens (tertiary/aromatic N) is 5. The second kappa shape index (κ2) is 14.6. The molecule has 3 aromatic rings. The van der Waals surface area contributed by atoms with Crippen molar-refractivity contribution in [2.24, 2.45) is 0 Å². The third-order valence-corrected chi connectivity index (χ3v) is 9.15. The van der Waals surface area contributed by atoms with Gasteiger partial charge in [-0.05, 0) is 55.5 Å². The van der Waals surface area contributed by atoms with Crippen molar-refractivity contribution < 1.29 is 24.2 Å². The molecular formula is C35H49N5O5. The zero-order valence-electron chi connectivity index (χ0n) is 27.3. The Kier molecular flexibility index (Phi) is 10.6. The smallest absolute Gasteiger partial charge is 0.324 e. The highest BCUT2D eigenvalue weighted by Crippen LogP contribution is 2.34. The Balaban J connectivity index is 1.26. The summed E-state index contributed by atoms with van der Waals surface area (Å²) in [5, 5.41) is 12.6. The highest BCUT2D eigenvalue weighted by Gasteiger charge is 2.34. The number of anilines is 1. The molecule has 3 heterocycles. The second-order valence-corrected chi connectivity index (χ2v) is 12.7. The molecule has 10 heteroatoms. The zero-order chi connectivity index (χ0) is 32.0. The third kappa shape index (κ3) is 7.73. The summed E-state index contributed by atoms with van der Waals surface area (Å²) in [6, 6.07) is 14.0. The Morgan fingerprint density at radius 1 is 1.02 bits per heavy atom. The highest BCUT2D eigenvalue weighted by molar-refractivity contribution is 5.93. The van der Waals surface area contributed by atoms with E-state index in [2.05, 4.69) is 34.6 Å². The van der Waals surface area contributed by atoms with E-state index in [1.165, 1.54) is 0 Å². The SMILES string of the molecule is CCCCCOc1cc(N2CCCN(Cc3cccc4c3ccn4CC3(O)CCN(CC(=O)N(C)C)CC3)C2=O)ccc1OC. The summed E-state index contributed by atoms with van der Waals surface area (Å²) in [5.41, 5.74) is 2.11. The number of likely N-dealkylation sites (tertiary alicyclic amines) is 1. The number of piperidine rings is 1. The van der Waals surface area contributed by atoms with E-state index >= 15 is 0 Å². The van der Waals surface area contributed by atoms with Gasteiger partial charge in [-0.2, -0.15) is 0 Å². The molecule has 1 aromatic heterocycles. The molecule has 244 valence electrons. The molecule has 0 aliphatic carbocycles. The van der Waals surface area contributed by atoms with Crippen LogP contribution in [0.15, 0.2) is 48.7 Å². The number of ether oxygens (including phenoxy) is 2. The first-order valence-corrected chi connectivity index (χ1v) is 16.3. The molecule has 0 atom stereocenters. The molecule has 2 fully saturated rings. The van der Waals surface area contributed by atoms with Crippen molar-refractivity contribution >= 4 is 28.5 Å². The lowest BCUT2D eigenvalue weighted by Gasteiger charge is -2.38. The number of likely N-dealkylation sites (N-methyl/N-ethyl adjacent to an activating group) is 1. The molecule has 0 bridgehead atoms. The molecule has 2 saturated heterocycles. The van der Waals surface area contributed by atoms with Gasteiger partial charge >= 0.3 is 6.03 Å². The van der Waals surface area contributed by atoms with Crippen molar-refractivity contribution in [1.29, 1.82) is 0 Å². The van der Waals surface area contributed by atoms with Crippen molar-refractivity contribution in [3.8, 4) is 11.5 Å². The van der Waals surface area contributed by atoms with Crippen LogP contribution in [0, 0.1) is 0 Å². The molecule has 10 nitrogen and oxygen atoms in total. The maximum absolute atomic E-state index is 13.8. The molecule has 0 saturated carbocycles. The average Bonchev–Trinajstić information content (AvgIpc) is 3.44. The van der Waals surface area contributed by atoms with Gasteiger partial charge in [0, 0.05) is 75.7 Å². The number of hydrogen-bond acceptors (Lipinski definition) is 6. The van der Waals surface area contributed by atoms with Crippen LogP contribution in [0.1, 0.15) is 51.0 Å². The number of urea groups is 1. The lowest BCUT2D eigenvalue weighted by atomic mass is 9.91. The van der Waals surface area contributed by atoms with Crippen LogP contribution in [-0.2, 0) is 17.9 Å². The Morgan fingerprint density at radius 3 is 2.56 bits per heavy atom. The van der Waals surface area contributed by atoms with E-state index in [1.54, 1.807) is 26.1 Å². The van der Waals surface area contributed by atoms with Gasteiger partial charge in [-0.15, -0.1) is 0 Å². The molecule has 0 unspecified atom stereocenters. The van der Waals surface area contributed by atoms with E-state index in [1.807, 2.05) is 40.3 Å². The monoisotopic (exact) mass is 619 g/mol. The largest absolute Gasteiger partial charge is 0.493 e. The van der Waals surface area contributed by atoms with Crippen LogP contribution in [0.4, 0.5) is 10.5 Å². The molecule has 0 radical (unpaired) electrons. The van der Waals surface area contributed by atoms with Crippen molar-refractivity contribution in [1.82, 2.24) is 19.3 Å². The standard InChI is InChI=1S/C35H49N5O5/c1-5-6-7-22-45-32-23-28(12-13-31(32)44-4)40-18-9-17-38(34(40)42)24-27-10-8-11-30-29(27)14-19-39(30)26-35(43)15-20-37(21-16-35)25-33(41)36(2)3/h8,10-14,19,23,43H,5-7,9,15-18,20-22,24-26H2,1-4H3. The normalized spacial score (nSPS) is 17.1. The van der Waals surface area contributed by atoms with Gasteiger partial charge in [0.2, 0.25) is 5.91 Å². The molecule has 0 spiro atoms. The van der Waals surface area contributed by atoms with Crippen LogP contribution in [0.5, 0.6) is 11.5 Å². The minimum atomic E-state index is -0.833. The number of hydrogen-bond donors (Lipinski definition) is 1. The van der Waals surface area contributed by atoms with Crippen molar-refractivity contribution in [2.75, 3.05) is 65.4 Å². The number of benzene rings is 2. The van der Waals surface area contributed by atoms with Crippen LogP contribution in [0.25, 0.3) is 10.9 Å². The topological polar surface area (TPSA) is 90.7 Å². The fourth-order valence-electron chi connectivity index (χ4n) is 6.35. The molecule has 3 amide bonds. The summed E-state index contributed by atoms with van der Waals surface area (Å²) in [7, 11) is 5.18. The van der Waals surface area contributed by atoms with Crippen LogP contribution >= 0.6 is 0 Å². The second-order valence-electron chi connectivity index (χ2n) is 12.7. The number of rotatable bonds is 13. The summed E-state index contributed by atoms with van der Waals surface area (Å²) in [6.07, 6.45) is 7.34. The molecule has 1 N–H and O–H groups in total. The molecule has 2 aliphatic rings. The number of fused-ring (bicyclic) bond motifs is 1. The highest BCUT2D eigenvalue weighted by atomic mass is 16.5. The zero-order valence-corrected chi connectivity index (χ0v) is 27.3. The first-order valence-electron chi connectivity index (χ1n) is 16.3. The summed E-state index contributed by atoms with van der Waals surface area (Å²) in [4.78, 5) is 33.4. The van der Waals surface area contributed by atoms with Gasteiger partial charge < -0.3 is 28.9 Å².